The third-order valence-electron chi connectivity index (χ3n) is 4.70. The first kappa shape index (κ1) is 18.3. The van der Waals surface area contributed by atoms with E-state index >= 15 is 0 Å². The van der Waals surface area contributed by atoms with Crippen LogP contribution in [0.1, 0.15) is 10.5 Å². The largest absolute Gasteiger partial charge is 0.368 e. The number of nitrogens with zero attached hydrogens (tertiary/aromatic N) is 4. The zero-order valence-corrected chi connectivity index (χ0v) is 16.0. The molecule has 0 aliphatic carbocycles. The third-order valence-corrected chi connectivity index (χ3v) is 5.03. The van der Waals surface area contributed by atoms with Crippen LogP contribution in [0, 0.1) is 0 Å². The van der Waals surface area contributed by atoms with Crippen LogP contribution in [0.25, 0.3) is 0 Å². The summed E-state index contributed by atoms with van der Waals surface area (Å²) in [6.45, 7) is 2.93. The Labute approximate surface area is 168 Å². The van der Waals surface area contributed by atoms with E-state index in [0.717, 1.165) is 18.8 Å². The minimum atomic E-state index is -0.0931. The van der Waals surface area contributed by atoms with E-state index in [-0.39, 0.29) is 5.91 Å². The Hall–Kier alpha value is -3.12. The molecule has 3 aromatic rings. The Morgan fingerprint density at radius 1 is 0.893 bits per heavy atom. The lowest BCUT2D eigenvalue weighted by Crippen LogP contribution is -2.49. The van der Waals surface area contributed by atoms with Crippen molar-refractivity contribution in [3.05, 3.63) is 77.7 Å². The fraction of sp³-hybridized carbons (Fsp3) is 0.190. The van der Waals surface area contributed by atoms with Crippen LogP contribution >= 0.6 is 11.6 Å². The topological polar surface area (TPSA) is 61.4 Å². The zero-order valence-electron chi connectivity index (χ0n) is 15.3. The Bertz CT molecular complexity index is 941. The van der Waals surface area contributed by atoms with Crippen LogP contribution in [0.4, 0.5) is 17.2 Å². The van der Waals surface area contributed by atoms with E-state index in [1.807, 2.05) is 41.3 Å². The smallest absolute Gasteiger partial charge is 0.274 e. The molecule has 0 unspecified atom stereocenters. The van der Waals surface area contributed by atoms with Crippen molar-refractivity contribution >= 4 is 34.7 Å². The van der Waals surface area contributed by atoms with E-state index in [1.165, 1.54) is 11.9 Å². The maximum Gasteiger partial charge on any atom is 0.274 e. The van der Waals surface area contributed by atoms with E-state index in [1.54, 1.807) is 12.3 Å². The lowest BCUT2D eigenvalue weighted by Gasteiger charge is -2.35. The molecule has 0 saturated carbocycles. The molecule has 142 valence electrons. The van der Waals surface area contributed by atoms with Gasteiger partial charge < -0.3 is 15.1 Å². The highest BCUT2D eigenvalue weighted by Crippen LogP contribution is 2.23. The van der Waals surface area contributed by atoms with Gasteiger partial charge in [0.15, 0.2) is 0 Å². The van der Waals surface area contributed by atoms with Crippen molar-refractivity contribution in [2.75, 3.05) is 36.4 Å². The predicted octanol–water partition coefficient (Wildman–Crippen LogP) is 3.84. The van der Waals surface area contributed by atoms with Crippen LogP contribution in [0.5, 0.6) is 0 Å². The summed E-state index contributed by atoms with van der Waals surface area (Å²) in [5.74, 6) is 0.447. The molecular weight excluding hydrogens is 374 g/mol. The number of benzene rings is 2. The Balaban J connectivity index is 1.37. The van der Waals surface area contributed by atoms with E-state index in [2.05, 4.69) is 32.3 Å². The van der Waals surface area contributed by atoms with Gasteiger partial charge in [-0.25, -0.2) is 9.97 Å². The number of hydrogen-bond donors (Lipinski definition) is 1. The molecule has 4 rings (SSSR count). The van der Waals surface area contributed by atoms with Crippen LogP contribution in [0.3, 0.4) is 0 Å². The van der Waals surface area contributed by atoms with Crippen molar-refractivity contribution in [3.63, 3.8) is 0 Å². The highest BCUT2D eigenvalue weighted by atomic mass is 35.5. The van der Waals surface area contributed by atoms with Crippen LogP contribution in [0.15, 0.2) is 67.0 Å². The average Bonchev–Trinajstić information content (AvgIpc) is 2.76. The predicted molar refractivity (Wildman–Crippen MR) is 111 cm³/mol. The maximum atomic E-state index is 12.7. The van der Waals surface area contributed by atoms with E-state index in [9.17, 15) is 4.79 Å². The molecule has 1 amide bonds. The number of anilines is 3. The van der Waals surface area contributed by atoms with Gasteiger partial charge in [-0.15, -0.1) is 0 Å². The molecule has 28 heavy (non-hydrogen) atoms. The Morgan fingerprint density at radius 2 is 1.61 bits per heavy atom. The molecule has 0 spiro atoms. The summed E-state index contributed by atoms with van der Waals surface area (Å²) in [6.07, 6.45) is 3.06. The van der Waals surface area contributed by atoms with Gasteiger partial charge in [0.1, 0.15) is 11.5 Å². The van der Waals surface area contributed by atoms with Crippen molar-refractivity contribution in [3.8, 4) is 0 Å². The van der Waals surface area contributed by atoms with Crippen molar-refractivity contribution in [2.24, 2.45) is 0 Å². The molecule has 1 aliphatic heterocycles. The molecule has 1 aromatic heterocycles. The number of para-hydroxylation sites is 2. The molecule has 2 heterocycles. The fourth-order valence-corrected chi connectivity index (χ4v) is 3.36. The van der Waals surface area contributed by atoms with Crippen LogP contribution < -0.4 is 10.2 Å². The minimum absolute atomic E-state index is 0.0931. The van der Waals surface area contributed by atoms with Crippen molar-refractivity contribution < 1.29 is 4.79 Å². The number of amides is 1. The number of hydrogen-bond acceptors (Lipinski definition) is 5. The first-order valence-electron chi connectivity index (χ1n) is 9.13. The molecule has 6 nitrogen and oxygen atoms in total. The van der Waals surface area contributed by atoms with Crippen molar-refractivity contribution in [2.45, 2.75) is 0 Å². The zero-order chi connectivity index (χ0) is 19.3. The molecule has 1 saturated heterocycles. The Kier molecular flexibility index (Phi) is 5.39. The first-order valence-corrected chi connectivity index (χ1v) is 9.51. The molecule has 0 atom stereocenters. The third kappa shape index (κ3) is 4.07. The summed E-state index contributed by atoms with van der Waals surface area (Å²) in [5, 5.41) is 3.70. The molecule has 1 fully saturated rings. The number of halogens is 1. The normalized spacial score (nSPS) is 14.0. The number of nitrogens with one attached hydrogen (secondary N) is 1. The first-order chi connectivity index (χ1) is 13.7. The van der Waals surface area contributed by atoms with Crippen LogP contribution in [-0.2, 0) is 0 Å². The molecule has 2 aromatic carbocycles. The van der Waals surface area contributed by atoms with Gasteiger partial charge in [-0.1, -0.05) is 41.9 Å². The summed E-state index contributed by atoms with van der Waals surface area (Å²) < 4.78 is 0. The van der Waals surface area contributed by atoms with Crippen LogP contribution in [-0.4, -0.2) is 47.0 Å². The second kappa shape index (κ2) is 8.27. The molecule has 0 bridgehead atoms. The molecule has 1 aliphatic rings. The number of piperazine rings is 1. The van der Waals surface area contributed by atoms with E-state index < -0.39 is 0 Å². The number of carbonyl (C=O) groups excluding carboxylic acids is 1. The minimum Gasteiger partial charge on any atom is -0.368 e. The quantitative estimate of drug-likeness (QED) is 0.729. The summed E-state index contributed by atoms with van der Waals surface area (Å²) in [6, 6.07) is 17.6. The van der Waals surface area contributed by atoms with Gasteiger partial charge in [0.05, 0.1) is 23.1 Å². The molecule has 7 heteroatoms. The van der Waals surface area contributed by atoms with Gasteiger partial charge in [-0.3, -0.25) is 4.79 Å². The lowest BCUT2D eigenvalue weighted by atomic mass is 10.2. The SMILES string of the molecule is O=C(c1cnc(Nc2ccccc2Cl)cn1)N1CCN(c2ccccc2)CC1. The average molecular weight is 394 g/mol. The summed E-state index contributed by atoms with van der Waals surface area (Å²) >= 11 is 6.14. The molecule has 0 radical (unpaired) electrons. The van der Waals surface area contributed by atoms with Gasteiger partial charge in [0, 0.05) is 31.9 Å². The molecule has 1 N–H and O–H groups in total. The van der Waals surface area contributed by atoms with Gasteiger partial charge in [-0.2, -0.15) is 0 Å². The fourth-order valence-electron chi connectivity index (χ4n) is 3.17. The molecular formula is C21H20ClN5O. The second-order valence-electron chi connectivity index (χ2n) is 6.51. The maximum absolute atomic E-state index is 12.7. The standard InChI is InChI=1S/C21H20ClN5O/c22-17-8-4-5-9-18(17)25-20-15-23-19(14-24-20)21(28)27-12-10-26(11-13-27)16-6-2-1-3-7-16/h1-9,14-15H,10-13H2,(H,24,25). The highest BCUT2D eigenvalue weighted by molar-refractivity contribution is 6.33. The summed E-state index contributed by atoms with van der Waals surface area (Å²) in [5.41, 5.74) is 2.27. The second-order valence-corrected chi connectivity index (χ2v) is 6.91. The van der Waals surface area contributed by atoms with Gasteiger partial charge in [-0.05, 0) is 24.3 Å². The van der Waals surface area contributed by atoms with Gasteiger partial charge in [0.2, 0.25) is 0 Å². The number of aromatic nitrogens is 2. The van der Waals surface area contributed by atoms with Crippen LogP contribution in [0.2, 0.25) is 5.02 Å². The summed E-state index contributed by atoms with van der Waals surface area (Å²) in [4.78, 5) is 25.4. The highest BCUT2D eigenvalue weighted by Gasteiger charge is 2.23. The van der Waals surface area contributed by atoms with Gasteiger partial charge in [0.25, 0.3) is 5.91 Å². The number of carbonyl (C=O) groups is 1. The van der Waals surface area contributed by atoms with Gasteiger partial charge >= 0.3 is 0 Å². The Morgan fingerprint density at radius 3 is 2.29 bits per heavy atom. The monoisotopic (exact) mass is 393 g/mol. The number of rotatable bonds is 4. The lowest BCUT2D eigenvalue weighted by molar-refractivity contribution is 0.0740. The van der Waals surface area contributed by atoms with Crippen molar-refractivity contribution in [1.29, 1.82) is 0 Å². The van der Waals surface area contributed by atoms with E-state index in [4.69, 9.17) is 11.6 Å². The van der Waals surface area contributed by atoms with E-state index in [0.29, 0.717) is 29.6 Å². The summed E-state index contributed by atoms with van der Waals surface area (Å²) in [7, 11) is 0. The van der Waals surface area contributed by atoms with Crippen molar-refractivity contribution in [1.82, 2.24) is 14.9 Å².